The van der Waals surface area contributed by atoms with Crippen molar-refractivity contribution in [2.45, 2.75) is 31.8 Å². The first-order valence-electron chi connectivity index (χ1n) is 7.00. The highest BCUT2D eigenvalue weighted by atomic mass is 16.5. The minimum atomic E-state index is -0.234. The third-order valence-corrected chi connectivity index (χ3v) is 3.90. The molecule has 2 aliphatic rings. The second-order valence-electron chi connectivity index (χ2n) is 5.30. The minimum Gasteiger partial charge on any atom is -0.393 e. The van der Waals surface area contributed by atoms with Gasteiger partial charge in [-0.25, -0.2) is 0 Å². The molecule has 0 aromatic carbocycles. The number of carbonyl (C=O) groups is 1. The van der Waals surface area contributed by atoms with Crippen LogP contribution in [-0.2, 0) is 9.53 Å². The first-order valence-corrected chi connectivity index (χ1v) is 7.00. The van der Waals surface area contributed by atoms with E-state index >= 15 is 0 Å². The summed E-state index contributed by atoms with van der Waals surface area (Å²) < 4.78 is 5.24. The van der Waals surface area contributed by atoms with Crippen molar-refractivity contribution in [1.29, 1.82) is 0 Å². The van der Waals surface area contributed by atoms with Gasteiger partial charge < -0.3 is 15.2 Å². The zero-order chi connectivity index (χ0) is 12.8. The third-order valence-electron chi connectivity index (χ3n) is 3.90. The lowest BCUT2D eigenvalue weighted by Gasteiger charge is -2.29. The van der Waals surface area contributed by atoms with E-state index in [0.717, 1.165) is 32.4 Å². The number of hydrogen-bond donors (Lipinski definition) is 2. The highest BCUT2D eigenvalue weighted by Gasteiger charge is 2.23. The van der Waals surface area contributed by atoms with Gasteiger partial charge in [-0.2, -0.15) is 0 Å². The number of ether oxygens (including phenoxy) is 1. The number of rotatable bonds is 4. The van der Waals surface area contributed by atoms with Crippen LogP contribution in [0.2, 0.25) is 0 Å². The van der Waals surface area contributed by atoms with Gasteiger partial charge in [0.05, 0.1) is 25.9 Å². The lowest BCUT2D eigenvalue weighted by molar-refractivity contribution is -0.123. The van der Waals surface area contributed by atoms with E-state index in [1.807, 2.05) is 0 Å². The molecule has 2 N–H and O–H groups in total. The molecule has 0 bridgehead atoms. The predicted molar refractivity (Wildman–Crippen MR) is 68.2 cm³/mol. The minimum absolute atomic E-state index is 0.0645. The summed E-state index contributed by atoms with van der Waals surface area (Å²) in [5.74, 6) is 0.307. The summed E-state index contributed by atoms with van der Waals surface area (Å²) in [5, 5.41) is 12.8. The lowest BCUT2D eigenvalue weighted by atomic mass is 9.86. The van der Waals surface area contributed by atoms with Crippen LogP contribution in [-0.4, -0.2) is 61.4 Å². The maximum atomic E-state index is 11.8. The molecule has 1 saturated carbocycles. The molecule has 1 aliphatic heterocycles. The Labute approximate surface area is 108 Å². The van der Waals surface area contributed by atoms with E-state index in [1.54, 1.807) is 0 Å². The largest absolute Gasteiger partial charge is 0.393 e. The fourth-order valence-corrected chi connectivity index (χ4v) is 2.69. The molecule has 2 unspecified atom stereocenters. The fourth-order valence-electron chi connectivity index (χ4n) is 2.69. The van der Waals surface area contributed by atoms with Crippen LogP contribution in [0, 0.1) is 5.92 Å². The Morgan fingerprint density at radius 1 is 1.28 bits per heavy atom. The number of aliphatic hydroxyl groups is 1. The predicted octanol–water partition coefficient (Wildman–Crippen LogP) is -0.0141. The van der Waals surface area contributed by atoms with Crippen LogP contribution in [0.3, 0.4) is 0 Å². The number of morpholine rings is 1. The molecule has 5 nitrogen and oxygen atoms in total. The van der Waals surface area contributed by atoms with Crippen LogP contribution in [0.15, 0.2) is 0 Å². The van der Waals surface area contributed by atoms with Crippen molar-refractivity contribution < 1.29 is 14.6 Å². The first-order chi connectivity index (χ1) is 8.75. The van der Waals surface area contributed by atoms with Crippen molar-refractivity contribution in [3.05, 3.63) is 0 Å². The Bertz CT molecular complexity index is 267. The lowest BCUT2D eigenvalue weighted by Crippen LogP contribution is -2.45. The molecule has 0 aromatic rings. The molecule has 1 saturated heterocycles. The van der Waals surface area contributed by atoms with Crippen LogP contribution in [0.5, 0.6) is 0 Å². The monoisotopic (exact) mass is 256 g/mol. The van der Waals surface area contributed by atoms with E-state index in [2.05, 4.69) is 10.2 Å². The molecule has 0 spiro atoms. The van der Waals surface area contributed by atoms with Crippen molar-refractivity contribution in [2.75, 3.05) is 39.4 Å². The smallest absolute Gasteiger partial charge is 0.234 e. The second kappa shape index (κ2) is 7.07. The van der Waals surface area contributed by atoms with E-state index in [1.165, 1.54) is 6.42 Å². The zero-order valence-electron chi connectivity index (χ0n) is 10.9. The van der Waals surface area contributed by atoms with Gasteiger partial charge in [-0.05, 0) is 12.8 Å². The number of nitrogens with zero attached hydrogens (tertiary/aromatic N) is 1. The summed E-state index contributed by atoms with van der Waals surface area (Å²) in [4.78, 5) is 13.9. The molecule has 0 radical (unpaired) electrons. The number of amides is 1. The van der Waals surface area contributed by atoms with Crippen molar-refractivity contribution in [2.24, 2.45) is 5.92 Å². The average molecular weight is 256 g/mol. The molecule has 18 heavy (non-hydrogen) atoms. The quantitative estimate of drug-likeness (QED) is 0.742. The number of nitrogens with one attached hydrogen (secondary N) is 1. The van der Waals surface area contributed by atoms with Gasteiger partial charge in [-0.15, -0.1) is 0 Å². The van der Waals surface area contributed by atoms with Gasteiger partial charge in [-0.3, -0.25) is 9.69 Å². The molecule has 2 fully saturated rings. The van der Waals surface area contributed by atoms with Gasteiger partial charge in [0.15, 0.2) is 0 Å². The van der Waals surface area contributed by atoms with Gasteiger partial charge >= 0.3 is 0 Å². The molecule has 5 heteroatoms. The van der Waals surface area contributed by atoms with Gasteiger partial charge in [0.1, 0.15) is 0 Å². The number of aliphatic hydroxyl groups excluding tert-OH is 1. The standard InChI is InChI=1S/C13H24N2O3/c16-12-4-2-1-3-11(12)9-14-13(17)10-15-5-7-18-8-6-15/h11-12,16H,1-10H2,(H,14,17). The van der Waals surface area contributed by atoms with Gasteiger partial charge in [-0.1, -0.05) is 12.8 Å². The van der Waals surface area contributed by atoms with Crippen LogP contribution >= 0.6 is 0 Å². The Morgan fingerprint density at radius 2 is 2.00 bits per heavy atom. The van der Waals surface area contributed by atoms with Crippen LogP contribution < -0.4 is 5.32 Å². The Hall–Kier alpha value is -0.650. The van der Waals surface area contributed by atoms with E-state index in [-0.39, 0.29) is 17.9 Å². The van der Waals surface area contributed by atoms with Crippen LogP contribution in [0.25, 0.3) is 0 Å². The summed E-state index contributed by atoms with van der Waals surface area (Å²) in [6.07, 6.45) is 3.95. The van der Waals surface area contributed by atoms with Crippen molar-refractivity contribution in [3.8, 4) is 0 Å². The summed E-state index contributed by atoms with van der Waals surface area (Å²) in [6, 6.07) is 0. The van der Waals surface area contributed by atoms with Crippen molar-refractivity contribution in [3.63, 3.8) is 0 Å². The SMILES string of the molecule is O=C(CN1CCOCC1)NCC1CCCCC1O. The summed E-state index contributed by atoms with van der Waals surface area (Å²) in [7, 11) is 0. The molecule has 2 rings (SSSR count). The fraction of sp³-hybridized carbons (Fsp3) is 0.923. The molecule has 1 aliphatic carbocycles. The highest BCUT2D eigenvalue weighted by molar-refractivity contribution is 5.78. The maximum absolute atomic E-state index is 11.8. The van der Waals surface area contributed by atoms with E-state index in [4.69, 9.17) is 4.74 Å². The molecular formula is C13H24N2O3. The third kappa shape index (κ3) is 4.23. The Kier molecular flexibility index (Phi) is 5.41. The zero-order valence-corrected chi connectivity index (χ0v) is 10.9. The Morgan fingerprint density at radius 3 is 2.72 bits per heavy atom. The van der Waals surface area contributed by atoms with Crippen LogP contribution in [0.1, 0.15) is 25.7 Å². The van der Waals surface area contributed by atoms with Gasteiger partial charge in [0, 0.05) is 25.6 Å². The molecular weight excluding hydrogens is 232 g/mol. The number of carbonyl (C=O) groups excluding carboxylic acids is 1. The molecule has 104 valence electrons. The highest BCUT2D eigenvalue weighted by Crippen LogP contribution is 2.23. The van der Waals surface area contributed by atoms with Crippen LogP contribution in [0.4, 0.5) is 0 Å². The molecule has 1 heterocycles. The molecule has 2 atom stereocenters. The van der Waals surface area contributed by atoms with E-state index in [0.29, 0.717) is 26.3 Å². The van der Waals surface area contributed by atoms with Crippen molar-refractivity contribution in [1.82, 2.24) is 10.2 Å². The molecule has 1 amide bonds. The normalized spacial score (nSPS) is 30.1. The number of hydrogen-bond acceptors (Lipinski definition) is 4. The average Bonchev–Trinajstić information content (AvgIpc) is 2.39. The van der Waals surface area contributed by atoms with Gasteiger partial charge in [0.2, 0.25) is 5.91 Å². The van der Waals surface area contributed by atoms with Gasteiger partial charge in [0.25, 0.3) is 0 Å². The molecule has 0 aromatic heterocycles. The summed E-state index contributed by atoms with van der Waals surface area (Å²) >= 11 is 0. The summed E-state index contributed by atoms with van der Waals surface area (Å²) in [6.45, 7) is 4.17. The topological polar surface area (TPSA) is 61.8 Å². The first kappa shape index (κ1) is 13.8. The van der Waals surface area contributed by atoms with Crippen molar-refractivity contribution >= 4 is 5.91 Å². The Balaban J connectivity index is 1.64. The summed E-state index contributed by atoms with van der Waals surface area (Å²) in [5.41, 5.74) is 0. The van der Waals surface area contributed by atoms with E-state index in [9.17, 15) is 9.90 Å². The maximum Gasteiger partial charge on any atom is 0.234 e. The van der Waals surface area contributed by atoms with E-state index < -0.39 is 0 Å². The second-order valence-corrected chi connectivity index (χ2v) is 5.30.